The zero-order chi connectivity index (χ0) is 19.7. The Labute approximate surface area is 162 Å². The smallest absolute Gasteiger partial charge is 0.265 e. The number of nitrogens with one attached hydrogen (secondary N) is 1. The fraction of sp³-hybridized carbons (Fsp3) is 0.400. The van der Waals surface area contributed by atoms with Crippen LogP contribution in [0.5, 0.6) is 0 Å². The molecule has 2 aromatic rings. The number of aliphatic imine (C=N–C) groups is 1. The summed E-state index contributed by atoms with van der Waals surface area (Å²) in [6.07, 6.45) is 3.01. The first kappa shape index (κ1) is 18.5. The number of hydrogen-bond acceptors (Lipinski definition) is 6. The standard InChI is InChI=1S/C20H22FN5O2/c1-12-18(24-13(2)20(27)25-16-6-8-28-10-16)19(23-11-22-12)26-7-5-14-9-15(21)3-4-17(14)26/h3-4,9,11,16H,5-8,10H2,1-2H3,(H,25,27)/b24-13+. The molecule has 7 nitrogen and oxygen atoms in total. The summed E-state index contributed by atoms with van der Waals surface area (Å²) in [6, 6.07) is 4.76. The Morgan fingerprint density at radius 3 is 3.04 bits per heavy atom. The van der Waals surface area contributed by atoms with Gasteiger partial charge in [-0.15, -0.1) is 0 Å². The van der Waals surface area contributed by atoms with Gasteiger partial charge in [0.25, 0.3) is 5.91 Å². The monoisotopic (exact) mass is 383 g/mol. The fourth-order valence-corrected chi connectivity index (χ4v) is 3.53. The second kappa shape index (κ2) is 7.63. The minimum Gasteiger partial charge on any atom is -0.379 e. The van der Waals surface area contributed by atoms with Crippen LogP contribution in [-0.4, -0.2) is 47.4 Å². The number of carbonyl (C=O) groups is 1. The number of aryl methyl sites for hydroxylation is 1. The molecule has 1 unspecified atom stereocenters. The molecule has 146 valence electrons. The lowest BCUT2D eigenvalue weighted by Crippen LogP contribution is -2.38. The summed E-state index contributed by atoms with van der Waals surface area (Å²) in [7, 11) is 0. The molecule has 1 saturated heterocycles. The van der Waals surface area contributed by atoms with Crippen LogP contribution in [0.2, 0.25) is 0 Å². The summed E-state index contributed by atoms with van der Waals surface area (Å²) in [5.74, 6) is 0.143. The van der Waals surface area contributed by atoms with Gasteiger partial charge < -0.3 is 15.0 Å². The Bertz CT molecular complexity index is 940. The number of ether oxygens (including phenoxy) is 1. The lowest BCUT2D eigenvalue weighted by Gasteiger charge is -2.21. The molecule has 1 amide bonds. The van der Waals surface area contributed by atoms with Gasteiger partial charge in [0.2, 0.25) is 0 Å². The first-order valence-corrected chi connectivity index (χ1v) is 9.34. The van der Waals surface area contributed by atoms with Crippen LogP contribution in [0.25, 0.3) is 0 Å². The number of fused-ring (bicyclic) bond motifs is 1. The van der Waals surface area contributed by atoms with Crippen molar-refractivity contribution < 1.29 is 13.9 Å². The molecule has 1 atom stereocenters. The predicted octanol–water partition coefficient (Wildman–Crippen LogP) is 2.62. The Hall–Kier alpha value is -2.87. The van der Waals surface area contributed by atoms with Gasteiger partial charge in [-0.1, -0.05) is 0 Å². The lowest BCUT2D eigenvalue weighted by molar-refractivity contribution is -0.115. The second-order valence-electron chi connectivity index (χ2n) is 7.04. The van der Waals surface area contributed by atoms with Crippen molar-refractivity contribution >= 4 is 28.8 Å². The topological polar surface area (TPSA) is 79.7 Å². The highest BCUT2D eigenvalue weighted by Crippen LogP contribution is 2.39. The van der Waals surface area contributed by atoms with Crippen molar-refractivity contribution in [3.05, 3.63) is 41.6 Å². The van der Waals surface area contributed by atoms with E-state index in [0.717, 1.165) is 24.1 Å². The first-order valence-electron chi connectivity index (χ1n) is 9.34. The van der Waals surface area contributed by atoms with Crippen molar-refractivity contribution in [1.29, 1.82) is 0 Å². The molecule has 1 aromatic heterocycles. The van der Waals surface area contributed by atoms with Gasteiger partial charge in [-0.05, 0) is 50.5 Å². The highest BCUT2D eigenvalue weighted by molar-refractivity contribution is 6.38. The number of halogens is 1. The molecule has 1 fully saturated rings. The van der Waals surface area contributed by atoms with Crippen LogP contribution in [0.4, 0.5) is 21.6 Å². The molecule has 28 heavy (non-hydrogen) atoms. The Morgan fingerprint density at radius 1 is 1.39 bits per heavy atom. The average Bonchev–Trinajstić information content (AvgIpc) is 3.32. The highest BCUT2D eigenvalue weighted by atomic mass is 19.1. The molecular formula is C20H22FN5O2. The van der Waals surface area contributed by atoms with E-state index in [9.17, 15) is 9.18 Å². The van der Waals surface area contributed by atoms with E-state index < -0.39 is 0 Å². The largest absolute Gasteiger partial charge is 0.379 e. The van der Waals surface area contributed by atoms with E-state index in [-0.39, 0.29) is 17.8 Å². The Morgan fingerprint density at radius 2 is 2.25 bits per heavy atom. The molecule has 8 heteroatoms. The SMILES string of the molecule is C/C(=N\c1c(C)ncnc1N1CCc2cc(F)ccc21)C(=O)NC1CCOC1. The van der Waals surface area contributed by atoms with Crippen molar-refractivity contribution in [2.24, 2.45) is 4.99 Å². The van der Waals surface area contributed by atoms with Crippen LogP contribution < -0.4 is 10.2 Å². The first-order chi connectivity index (χ1) is 13.5. The molecule has 0 bridgehead atoms. The number of rotatable bonds is 4. The summed E-state index contributed by atoms with van der Waals surface area (Å²) >= 11 is 0. The molecule has 2 aliphatic rings. The maximum absolute atomic E-state index is 13.5. The fourth-order valence-electron chi connectivity index (χ4n) is 3.53. The molecule has 1 aromatic carbocycles. The maximum atomic E-state index is 13.5. The molecule has 2 aliphatic heterocycles. The van der Waals surface area contributed by atoms with Crippen LogP contribution in [0.1, 0.15) is 24.6 Å². The van der Waals surface area contributed by atoms with Gasteiger partial charge in [0.15, 0.2) is 5.82 Å². The summed E-state index contributed by atoms with van der Waals surface area (Å²) in [4.78, 5) is 27.7. The Balaban J connectivity index is 1.65. The average molecular weight is 383 g/mol. The van der Waals surface area contributed by atoms with Gasteiger partial charge in [-0.2, -0.15) is 0 Å². The van der Waals surface area contributed by atoms with Gasteiger partial charge in [-0.25, -0.2) is 19.4 Å². The molecule has 0 spiro atoms. The zero-order valence-electron chi connectivity index (χ0n) is 15.9. The minimum absolute atomic E-state index is 0.0191. The van der Waals surface area contributed by atoms with E-state index in [1.165, 1.54) is 12.4 Å². The molecule has 4 rings (SSSR count). The normalized spacial score (nSPS) is 19.0. The third kappa shape index (κ3) is 3.60. The quantitative estimate of drug-likeness (QED) is 0.821. The second-order valence-corrected chi connectivity index (χ2v) is 7.04. The van der Waals surface area contributed by atoms with E-state index in [1.54, 1.807) is 19.1 Å². The van der Waals surface area contributed by atoms with E-state index in [2.05, 4.69) is 20.3 Å². The van der Waals surface area contributed by atoms with Crippen molar-refractivity contribution in [3.63, 3.8) is 0 Å². The summed E-state index contributed by atoms with van der Waals surface area (Å²) < 4.78 is 18.8. The predicted molar refractivity (Wildman–Crippen MR) is 104 cm³/mol. The van der Waals surface area contributed by atoms with Crippen LogP contribution in [0.3, 0.4) is 0 Å². The number of carbonyl (C=O) groups excluding carboxylic acids is 1. The van der Waals surface area contributed by atoms with Crippen molar-refractivity contribution in [2.75, 3.05) is 24.7 Å². The summed E-state index contributed by atoms with van der Waals surface area (Å²) in [5, 5.41) is 2.94. The molecule has 1 N–H and O–H groups in total. The van der Waals surface area contributed by atoms with E-state index in [0.29, 0.717) is 42.7 Å². The molecule has 0 saturated carbocycles. The maximum Gasteiger partial charge on any atom is 0.265 e. The highest BCUT2D eigenvalue weighted by Gasteiger charge is 2.26. The lowest BCUT2D eigenvalue weighted by atomic mass is 10.1. The van der Waals surface area contributed by atoms with E-state index in [4.69, 9.17) is 4.74 Å². The van der Waals surface area contributed by atoms with Gasteiger partial charge in [-0.3, -0.25) is 4.79 Å². The molecule has 0 aliphatic carbocycles. The number of anilines is 2. The zero-order valence-corrected chi connectivity index (χ0v) is 15.9. The van der Waals surface area contributed by atoms with Crippen molar-refractivity contribution in [3.8, 4) is 0 Å². The van der Waals surface area contributed by atoms with E-state index in [1.807, 2.05) is 11.8 Å². The number of hydrogen-bond donors (Lipinski definition) is 1. The van der Waals surface area contributed by atoms with Gasteiger partial charge >= 0.3 is 0 Å². The molecule has 3 heterocycles. The van der Waals surface area contributed by atoms with Crippen LogP contribution in [0.15, 0.2) is 29.5 Å². The number of amides is 1. The van der Waals surface area contributed by atoms with Gasteiger partial charge in [0, 0.05) is 18.8 Å². The van der Waals surface area contributed by atoms with Gasteiger partial charge in [0.05, 0.1) is 18.3 Å². The van der Waals surface area contributed by atoms with Gasteiger partial charge in [0.1, 0.15) is 23.5 Å². The van der Waals surface area contributed by atoms with Crippen molar-refractivity contribution in [2.45, 2.75) is 32.7 Å². The third-order valence-electron chi connectivity index (χ3n) is 5.05. The number of nitrogens with zero attached hydrogens (tertiary/aromatic N) is 4. The summed E-state index contributed by atoms with van der Waals surface area (Å²) in [6.45, 7) is 5.36. The number of benzene rings is 1. The summed E-state index contributed by atoms with van der Waals surface area (Å²) in [5.41, 5.74) is 3.40. The van der Waals surface area contributed by atoms with Crippen molar-refractivity contribution in [1.82, 2.24) is 15.3 Å². The van der Waals surface area contributed by atoms with Crippen LogP contribution >= 0.6 is 0 Å². The Kier molecular flexibility index (Phi) is 5.04. The molecule has 0 radical (unpaired) electrons. The van der Waals surface area contributed by atoms with Crippen LogP contribution in [0, 0.1) is 12.7 Å². The molecular weight excluding hydrogens is 361 g/mol. The third-order valence-corrected chi connectivity index (χ3v) is 5.05. The number of aromatic nitrogens is 2. The minimum atomic E-state index is -0.249. The van der Waals surface area contributed by atoms with E-state index >= 15 is 0 Å². The van der Waals surface area contributed by atoms with Crippen LogP contribution in [-0.2, 0) is 16.0 Å².